The van der Waals surface area contributed by atoms with Gasteiger partial charge in [-0.25, -0.2) is 4.98 Å². The highest BCUT2D eigenvalue weighted by Gasteiger charge is 2.26. The number of hydrogen-bond donors (Lipinski definition) is 0. The van der Waals surface area contributed by atoms with Gasteiger partial charge in [0.25, 0.3) is 5.91 Å². The molecule has 148 valence electrons. The largest absolute Gasteiger partial charge is 0.477 e. The molecule has 0 radical (unpaired) electrons. The zero-order chi connectivity index (χ0) is 20.5. The second-order valence-corrected chi connectivity index (χ2v) is 7.97. The number of anilines is 1. The van der Waals surface area contributed by atoms with E-state index in [1.807, 2.05) is 31.4 Å². The van der Waals surface area contributed by atoms with Gasteiger partial charge in [-0.1, -0.05) is 12.1 Å². The molecule has 0 spiro atoms. The fraction of sp³-hybridized carbons (Fsp3) is 0.238. The third kappa shape index (κ3) is 3.84. The summed E-state index contributed by atoms with van der Waals surface area (Å²) in [6.07, 6.45) is 0.753. The van der Waals surface area contributed by atoms with E-state index < -0.39 is 4.92 Å². The molecule has 1 aromatic heterocycles. The number of amides is 1. The van der Waals surface area contributed by atoms with E-state index in [9.17, 15) is 14.9 Å². The van der Waals surface area contributed by atoms with Crippen LogP contribution in [0.25, 0.3) is 11.3 Å². The fourth-order valence-electron chi connectivity index (χ4n) is 3.42. The standard InChI is InChI=1S/C21H19N3O4S/c1-13-3-5-19(24(26)27)20(9-13)28-11-21(25)23-8-7-16-10-15(4-6-18(16)23)17-12-29-14(2)22-17/h3-6,9-10,12H,7-8,11H2,1-2H3. The predicted octanol–water partition coefficient (Wildman–Crippen LogP) is 4.30. The summed E-state index contributed by atoms with van der Waals surface area (Å²) in [6.45, 7) is 4.10. The lowest BCUT2D eigenvalue weighted by atomic mass is 10.1. The number of fused-ring (bicyclic) bond motifs is 1. The van der Waals surface area contributed by atoms with Crippen molar-refractivity contribution in [2.75, 3.05) is 18.1 Å². The summed E-state index contributed by atoms with van der Waals surface area (Å²) >= 11 is 1.61. The fourth-order valence-corrected chi connectivity index (χ4v) is 4.04. The molecule has 0 fully saturated rings. The first-order valence-electron chi connectivity index (χ1n) is 9.16. The lowest BCUT2D eigenvalue weighted by molar-refractivity contribution is -0.385. The molecule has 0 atom stereocenters. The Labute approximate surface area is 171 Å². The average molecular weight is 409 g/mol. The molecule has 7 nitrogen and oxygen atoms in total. The van der Waals surface area contributed by atoms with Crippen molar-refractivity contribution in [3.8, 4) is 17.0 Å². The van der Waals surface area contributed by atoms with Gasteiger partial charge in [0, 0.05) is 29.2 Å². The SMILES string of the molecule is Cc1ccc([N+](=O)[O-])c(OCC(=O)N2CCc3cc(-c4csc(C)n4)ccc32)c1. The summed E-state index contributed by atoms with van der Waals surface area (Å²) in [5.41, 5.74) is 4.60. The Kier molecular flexibility index (Phi) is 5.02. The highest BCUT2D eigenvalue weighted by molar-refractivity contribution is 7.09. The van der Waals surface area contributed by atoms with Crippen LogP contribution in [-0.4, -0.2) is 29.0 Å². The molecule has 29 heavy (non-hydrogen) atoms. The molecule has 0 saturated heterocycles. The lowest BCUT2D eigenvalue weighted by Gasteiger charge is -2.18. The van der Waals surface area contributed by atoms with Crippen LogP contribution in [0.3, 0.4) is 0 Å². The number of benzene rings is 2. The van der Waals surface area contributed by atoms with E-state index in [4.69, 9.17) is 4.74 Å². The highest BCUT2D eigenvalue weighted by Crippen LogP contribution is 2.33. The molecule has 3 aromatic rings. The van der Waals surface area contributed by atoms with E-state index in [2.05, 4.69) is 11.1 Å². The Morgan fingerprint density at radius 3 is 2.83 bits per heavy atom. The number of nitro benzene ring substituents is 1. The lowest BCUT2D eigenvalue weighted by Crippen LogP contribution is -2.33. The van der Waals surface area contributed by atoms with Crippen LogP contribution in [0.2, 0.25) is 0 Å². The van der Waals surface area contributed by atoms with Gasteiger partial charge < -0.3 is 9.64 Å². The molecule has 0 N–H and O–H groups in total. The minimum atomic E-state index is -0.508. The van der Waals surface area contributed by atoms with E-state index in [0.717, 1.165) is 39.5 Å². The Morgan fingerprint density at radius 1 is 1.28 bits per heavy atom. The molecule has 0 saturated carbocycles. The smallest absolute Gasteiger partial charge is 0.310 e. The van der Waals surface area contributed by atoms with Crippen LogP contribution in [0, 0.1) is 24.0 Å². The molecule has 0 bridgehead atoms. The Balaban J connectivity index is 1.49. The van der Waals surface area contributed by atoms with Crippen molar-refractivity contribution in [2.45, 2.75) is 20.3 Å². The topological polar surface area (TPSA) is 85.6 Å². The third-order valence-electron chi connectivity index (χ3n) is 4.85. The summed E-state index contributed by atoms with van der Waals surface area (Å²) in [4.78, 5) is 29.6. The molecule has 4 rings (SSSR count). The zero-order valence-corrected chi connectivity index (χ0v) is 16.9. The number of ether oxygens (including phenoxy) is 1. The Hall–Kier alpha value is -3.26. The maximum Gasteiger partial charge on any atom is 0.310 e. The number of aromatic nitrogens is 1. The van der Waals surface area contributed by atoms with E-state index in [1.165, 1.54) is 6.07 Å². The van der Waals surface area contributed by atoms with Crippen LogP contribution >= 0.6 is 11.3 Å². The molecular weight excluding hydrogens is 390 g/mol. The monoisotopic (exact) mass is 409 g/mol. The summed E-state index contributed by atoms with van der Waals surface area (Å²) in [5, 5.41) is 14.2. The maximum atomic E-state index is 12.7. The van der Waals surface area contributed by atoms with E-state index >= 15 is 0 Å². The van der Waals surface area contributed by atoms with Gasteiger partial charge in [0.05, 0.1) is 15.6 Å². The Bertz CT molecular complexity index is 1110. The number of hydrogen-bond acceptors (Lipinski definition) is 6. The Morgan fingerprint density at radius 2 is 2.10 bits per heavy atom. The first-order valence-corrected chi connectivity index (χ1v) is 10.0. The number of nitrogens with zero attached hydrogens (tertiary/aromatic N) is 3. The first kappa shape index (κ1) is 19.1. The normalized spacial score (nSPS) is 12.7. The molecule has 0 unspecified atom stereocenters. The molecule has 1 aliphatic rings. The van der Waals surface area contributed by atoms with Gasteiger partial charge in [0.15, 0.2) is 12.4 Å². The van der Waals surface area contributed by atoms with Crippen molar-refractivity contribution >= 4 is 28.6 Å². The van der Waals surface area contributed by atoms with Gasteiger partial charge >= 0.3 is 5.69 Å². The summed E-state index contributed by atoms with van der Waals surface area (Å²) in [6, 6.07) is 10.6. The van der Waals surface area contributed by atoms with Crippen molar-refractivity contribution in [2.24, 2.45) is 0 Å². The van der Waals surface area contributed by atoms with Crippen molar-refractivity contribution in [1.29, 1.82) is 0 Å². The maximum absolute atomic E-state index is 12.7. The summed E-state index contributed by atoms with van der Waals surface area (Å²) < 4.78 is 5.52. The van der Waals surface area contributed by atoms with Crippen molar-refractivity contribution < 1.29 is 14.5 Å². The molecule has 0 aliphatic carbocycles. The molecule has 1 aliphatic heterocycles. The highest BCUT2D eigenvalue weighted by atomic mass is 32.1. The van der Waals surface area contributed by atoms with Crippen molar-refractivity contribution in [1.82, 2.24) is 4.98 Å². The first-order chi connectivity index (χ1) is 13.9. The van der Waals surface area contributed by atoms with Crippen LogP contribution in [0.15, 0.2) is 41.8 Å². The zero-order valence-electron chi connectivity index (χ0n) is 16.0. The number of thiazole rings is 1. The number of rotatable bonds is 5. The van der Waals surface area contributed by atoms with Gasteiger partial charge in [-0.05, 0) is 49.6 Å². The number of aryl methyl sites for hydroxylation is 2. The quantitative estimate of drug-likeness (QED) is 0.463. The summed E-state index contributed by atoms with van der Waals surface area (Å²) in [7, 11) is 0. The van der Waals surface area contributed by atoms with E-state index in [1.54, 1.807) is 28.4 Å². The van der Waals surface area contributed by atoms with E-state index in [-0.39, 0.29) is 24.0 Å². The third-order valence-corrected chi connectivity index (χ3v) is 5.63. The van der Waals surface area contributed by atoms with Gasteiger partial charge in [-0.2, -0.15) is 0 Å². The second-order valence-electron chi connectivity index (χ2n) is 6.91. The van der Waals surface area contributed by atoms with Gasteiger partial charge in [-0.15, -0.1) is 11.3 Å². The number of carbonyl (C=O) groups is 1. The minimum absolute atomic E-state index is 0.108. The van der Waals surface area contributed by atoms with Crippen LogP contribution in [0.5, 0.6) is 5.75 Å². The average Bonchev–Trinajstić information content (AvgIpc) is 3.31. The molecule has 1 amide bonds. The molecule has 2 heterocycles. The van der Waals surface area contributed by atoms with Gasteiger partial charge in [0.2, 0.25) is 0 Å². The second kappa shape index (κ2) is 7.63. The van der Waals surface area contributed by atoms with Gasteiger partial charge in [0.1, 0.15) is 0 Å². The van der Waals surface area contributed by atoms with Crippen LogP contribution in [-0.2, 0) is 11.2 Å². The summed E-state index contributed by atoms with van der Waals surface area (Å²) in [5.74, 6) is -0.117. The van der Waals surface area contributed by atoms with E-state index in [0.29, 0.717) is 6.54 Å². The molecule has 2 aromatic carbocycles. The number of carbonyl (C=O) groups excluding carboxylic acids is 1. The molecule has 8 heteroatoms. The van der Waals surface area contributed by atoms with Crippen molar-refractivity contribution in [3.63, 3.8) is 0 Å². The number of nitro groups is 1. The molecular formula is C21H19N3O4S. The minimum Gasteiger partial charge on any atom is -0.477 e. The van der Waals surface area contributed by atoms with Crippen LogP contribution in [0.4, 0.5) is 11.4 Å². The predicted molar refractivity (Wildman–Crippen MR) is 112 cm³/mol. The van der Waals surface area contributed by atoms with Gasteiger partial charge in [-0.3, -0.25) is 14.9 Å². The van der Waals surface area contributed by atoms with Crippen molar-refractivity contribution in [3.05, 3.63) is 68.0 Å². The van der Waals surface area contributed by atoms with Crippen LogP contribution < -0.4 is 9.64 Å². The van der Waals surface area contributed by atoms with Crippen LogP contribution in [0.1, 0.15) is 16.1 Å².